The van der Waals surface area contributed by atoms with Gasteiger partial charge in [0, 0.05) is 11.8 Å². The Balaban J connectivity index is 1.46. The van der Waals surface area contributed by atoms with Gasteiger partial charge in [0.15, 0.2) is 0 Å². The van der Waals surface area contributed by atoms with Gasteiger partial charge >= 0.3 is 5.97 Å². The Kier molecular flexibility index (Phi) is 4.00. The molecule has 0 aromatic heterocycles. The van der Waals surface area contributed by atoms with Crippen molar-refractivity contribution in [1.82, 2.24) is 0 Å². The molecule has 0 spiro atoms. The Bertz CT molecular complexity index is 884. The Morgan fingerprint density at radius 2 is 1.50 bits per heavy atom. The summed E-state index contributed by atoms with van der Waals surface area (Å²) in [5.74, 6) is -1.02. The van der Waals surface area contributed by atoms with Gasteiger partial charge in [-0.15, -0.1) is 0 Å². The molecule has 5 heteroatoms. The normalized spacial score (nSPS) is 31.0. The summed E-state index contributed by atoms with van der Waals surface area (Å²) in [5.41, 5.74) is 3.80. The highest BCUT2D eigenvalue weighted by Gasteiger charge is 2.62. The van der Waals surface area contributed by atoms with Crippen LogP contribution in [0, 0.1) is 23.7 Å². The van der Waals surface area contributed by atoms with Crippen LogP contribution in [0.1, 0.15) is 42.5 Å². The predicted molar refractivity (Wildman–Crippen MR) is 103 cm³/mol. The summed E-state index contributed by atoms with van der Waals surface area (Å²) >= 11 is 0. The van der Waals surface area contributed by atoms with Crippen LogP contribution in [0.2, 0.25) is 0 Å². The van der Waals surface area contributed by atoms with Crippen molar-refractivity contribution >= 4 is 23.5 Å². The largest absolute Gasteiger partial charge is 0.465 e. The molecule has 5 rings (SSSR count). The highest BCUT2D eigenvalue weighted by atomic mass is 16.5. The van der Waals surface area contributed by atoms with Gasteiger partial charge in [0.2, 0.25) is 11.8 Å². The molecule has 4 atom stereocenters. The van der Waals surface area contributed by atoms with Crippen LogP contribution < -0.4 is 4.90 Å². The zero-order valence-corrected chi connectivity index (χ0v) is 15.9. The van der Waals surface area contributed by atoms with Gasteiger partial charge in [-0.05, 0) is 49.9 Å². The number of rotatable bonds is 2. The van der Waals surface area contributed by atoms with Crippen LogP contribution in [-0.2, 0) is 14.3 Å². The smallest absolute Gasteiger partial charge is 0.337 e. The maximum Gasteiger partial charge on any atom is 0.337 e. The summed E-state index contributed by atoms with van der Waals surface area (Å²) < 4.78 is 4.71. The van der Waals surface area contributed by atoms with Gasteiger partial charge in [-0.25, -0.2) is 9.69 Å². The van der Waals surface area contributed by atoms with Crippen molar-refractivity contribution in [3.05, 3.63) is 53.1 Å². The van der Waals surface area contributed by atoms with Gasteiger partial charge in [0.1, 0.15) is 0 Å². The van der Waals surface area contributed by atoms with Crippen molar-refractivity contribution in [2.24, 2.45) is 23.7 Å². The van der Waals surface area contributed by atoms with E-state index >= 15 is 0 Å². The molecule has 0 N–H and O–H groups in total. The number of hydrogen-bond donors (Lipinski definition) is 0. The number of methoxy groups -OCH3 is 1. The summed E-state index contributed by atoms with van der Waals surface area (Å²) in [6, 6.07) is 6.49. The zero-order chi connectivity index (χ0) is 19.4. The molecule has 3 aliphatic carbocycles. The van der Waals surface area contributed by atoms with Gasteiger partial charge in [-0.1, -0.05) is 29.7 Å². The molecular formula is C23H23NO4. The lowest BCUT2D eigenvalue weighted by Crippen LogP contribution is -2.33. The number of ether oxygens (including phenoxy) is 1. The van der Waals surface area contributed by atoms with E-state index in [1.54, 1.807) is 24.3 Å². The quantitative estimate of drug-likeness (QED) is 0.448. The molecule has 2 bridgehead atoms. The van der Waals surface area contributed by atoms with E-state index in [4.69, 9.17) is 4.74 Å². The number of anilines is 1. The molecule has 1 heterocycles. The minimum Gasteiger partial charge on any atom is -0.465 e. The van der Waals surface area contributed by atoms with Crippen molar-refractivity contribution < 1.29 is 19.1 Å². The molecule has 4 aliphatic rings. The Hall–Kier alpha value is -2.69. The molecular weight excluding hydrogens is 354 g/mol. The van der Waals surface area contributed by atoms with E-state index in [0.29, 0.717) is 11.3 Å². The molecule has 1 saturated heterocycles. The van der Waals surface area contributed by atoms with E-state index in [0.717, 1.165) is 12.8 Å². The zero-order valence-electron chi connectivity index (χ0n) is 15.9. The molecule has 2 saturated carbocycles. The maximum absolute atomic E-state index is 13.2. The summed E-state index contributed by atoms with van der Waals surface area (Å²) in [5, 5.41) is 0. The summed E-state index contributed by atoms with van der Waals surface area (Å²) in [7, 11) is 1.33. The van der Waals surface area contributed by atoms with E-state index in [1.807, 2.05) is 0 Å². The summed E-state index contributed by atoms with van der Waals surface area (Å²) in [6.45, 7) is 0. The monoisotopic (exact) mass is 377 g/mol. The fourth-order valence-corrected chi connectivity index (χ4v) is 5.62. The van der Waals surface area contributed by atoms with Crippen molar-refractivity contribution in [3.8, 4) is 0 Å². The fraction of sp³-hybridized carbons (Fsp3) is 0.435. The fourth-order valence-electron chi connectivity index (χ4n) is 5.62. The number of carbonyl (C=O) groups excluding carboxylic acids is 3. The van der Waals surface area contributed by atoms with Gasteiger partial charge in [-0.2, -0.15) is 0 Å². The Labute approximate surface area is 164 Å². The van der Waals surface area contributed by atoms with Gasteiger partial charge in [0.05, 0.1) is 30.2 Å². The number of carbonyl (C=O) groups is 3. The summed E-state index contributed by atoms with van der Waals surface area (Å²) in [6.07, 6.45) is 10.2. The molecule has 2 amide bonds. The first kappa shape index (κ1) is 17.4. The minimum atomic E-state index is -0.437. The maximum atomic E-state index is 13.2. The third-order valence-corrected chi connectivity index (χ3v) is 6.83. The van der Waals surface area contributed by atoms with Crippen LogP contribution in [0.15, 0.2) is 47.6 Å². The molecule has 0 radical (unpaired) electrons. The summed E-state index contributed by atoms with van der Waals surface area (Å²) in [4.78, 5) is 39.5. The van der Waals surface area contributed by atoms with Gasteiger partial charge in [0.25, 0.3) is 0 Å². The third-order valence-electron chi connectivity index (χ3n) is 6.83. The first-order chi connectivity index (χ1) is 13.6. The molecule has 1 aromatic rings. The number of hydrogen-bond acceptors (Lipinski definition) is 4. The van der Waals surface area contributed by atoms with Crippen molar-refractivity contribution in [2.45, 2.75) is 32.1 Å². The lowest BCUT2D eigenvalue weighted by molar-refractivity contribution is -0.122. The number of esters is 1. The number of nitrogens with zero attached hydrogens (tertiary/aromatic N) is 1. The number of benzene rings is 1. The first-order valence-electron chi connectivity index (χ1n) is 10.1. The van der Waals surface area contributed by atoms with Crippen molar-refractivity contribution in [3.63, 3.8) is 0 Å². The average molecular weight is 377 g/mol. The van der Waals surface area contributed by atoms with Crippen LogP contribution in [0.4, 0.5) is 5.69 Å². The lowest BCUT2D eigenvalue weighted by Gasteiger charge is -2.23. The predicted octanol–water partition coefficient (Wildman–Crippen LogP) is 3.66. The Morgan fingerprint density at radius 1 is 0.929 bits per heavy atom. The second kappa shape index (κ2) is 6.43. The van der Waals surface area contributed by atoms with E-state index in [2.05, 4.69) is 12.2 Å². The first-order valence-corrected chi connectivity index (χ1v) is 10.1. The topological polar surface area (TPSA) is 63.7 Å². The van der Waals surface area contributed by atoms with Crippen LogP contribution >= 0.6 is 0 Å². The van der Waals surface area contributed by atoms with E-state index in [-0.39, 0.29) is 35.5 Å². The molecule has 0 unspecified atom stereocenters. The third kappa shape index (κ3) is 2.35. The average Bonchev–Trinajstić information content (AvgIpc) is 3.38. The van der Waals surface area contributed by atoms with Gasteiger partial charge in [-0.3, -0.25) is 9.59 Å². The van der Waals surface area contributed by atoms with E-state index in [9.17, 15) is 14.4 Å². The number of imide groups is 1. The molecule has 3 fully saturated rings. The van der Waals surface area contributed by atoms with Crippen LogP contribution in [0.25, 0.3) is 0 Å². The highest BCUT2D eigenvalue weighted by Crippen LogP contribution is 2.58. The van der Waals surface area contributed by atoms with Crippen LogP contribution in [0.5, 0.6) is 0 Å². The van der Waals surface area contributed by atoms with Crippen molar-refractivity contribution in [1.29, 1.82) is 0 Å². The molecule has 144 valence electrons. The highest BCUT2D eigenvalue weighted by molar-refractivity contribution is 6.23. The number of allylic oxidation sites excluding steroid dienone is 4. The van der Waals surface area contributed by atoms with Crippen LogP contribution in [-0.4, -0.2) is 24.9 Å². The Morgan fingerprint density at radius 3 is 2.04 bits per heavy atom. The van der Waals surface area contributed by atoms with E-state index in [1.165, 1.54) is 42.4 Å². The van der Waals surface area contributed by atoms with E-state index < -0.39 is 5.97 Å². The SMILES string of the molecule is COC(=O)c1ccc(N2C(=O)[C@@H]3[C@H](C2=O)[C@@H]2C=C[C@H]3C2=C2CCCCC2)cc1. The second-order valence-electron chi connectivity index (χ2n) is 8.16. The molecule has 28 heavy (non-hydrogen) atoms. The lowest BCUT2D eigenvalue weighted by atomic mass is 9.85. The molecule has 1 aromatic carbocycles. The van der Waals surface area contributed by atoms with Crippen molar-refractivity contribution in [2.75, 3.05) is 12.0 Å². The standard InChI is InChI=1S/C23H23NO4/c1-28-23(27)14-7-9-15(10-8-14)24-21(25)19-16-11-12-17(20(19)22(24)26)18(16)13-5-3-2-4-6-13/h7-12,16-17,19-20H,2-6H2,1H3/t16-,17+,19-,20+. The number of amides is 2. The molecule has 5 nitrogen and oxygen atoms in total. The second-order valence-corrected chi connectivity index (χ2v) is 8.16. The van der Waals surface area contributed by atoms with Gasteiger partial charge < -0.3 is 4.74 Å². The molecule has 1 aliphatic heterocycles. The number of fused-ring (bicyclic) bond motifs is 5. The minimum absolute atomic E-state index is 0.0823. The van der Waals surface area contributed by atoms with Crippen LogP contribution in [0.3, 0.4) is 0 Å².